The van der Waals surface area contributed by atoms with Crippen molar-refractivity contribution in [3.05, 3.63) is 53.6 Å². The second-order valence-corrected chi connectivity index (χ2v) is 10.9. The SMILES string of the molecule is CCc1ccc(N(CC(C)C)Sc2ccc3c(c2)C(C)(O)CC(C2CCOCC2)O3)cc1. The summed E-state index contributed by atoms with van der Waals surface area (Å²) in [6.45, 7) is 11.1. The molecule has 4 rings (SSSR count). The monoisotopic (exact) mass is 455 g/mol. The minimum Gasteiger partial charge on any atom is -0.490 e. The number of benzene rings is 2. The van der Waals surface area contributed by atoms with Gasteiger partial charge < -0.3 is 18.9 Å². The molecule has 4 nitrogen and oxygen atoms in total. The average Bonchev–Trinajstić information content (AvgIpc) is 2.79. The maximum Gasteiger partial charge on any atom is 0.125 e. The molecule has 2 aromatic carbocycles. The number of rotatable bonds is 7. The summed E-state index contributed by atoms with van der Waals surface area (Å²) in [5.41, 5.74) is 2.57. The van der Waals surface area contributed by atoms with Gasteiger partial charge in [-0.1, -0.05) is 32.9 Å². The molecule has 2 aromatic rings. The molecule has 0 aromatic heterocycles. The smallest absolute Gasteiger partial charge is 0.125 e. The highest BCUT2D eigenvalue weighted by atomic mass is 32.2. The first-order valence-corrected chi connectivity index (χ1v) is 12.8. The summed E-state index contributed by atoms with van der Waals surface area (Å²) in [6, 6.07) is 15.1. The standard InChI is InChI=1S/C27H37NO3S/c1-5-20-6-8-22(9-7-20)28(18-19(2)3)32-23-10-11-25-24(16-23)27(4,29)17-26(31-25)21-12-14-30-15-13-21/h6-11,16,19,21,26,29H,5,12-15,17-18H2,1-4H3. The van der Waals surface area contributed by atoms with Gasteiger partial charge in [-0.25, -0.2) is 0 Å². The molecule has 2 aliphatic rings. The molecule has 1 fully saturated rings. The lowest BCUT2D eigenvalue weighted by molar-refractivity contribution is -0.0550. The van der Waals surface area contributed by atoms with Crippen LogP contribution in [0.3, 0.4) is 0 Å². The van der Waals surface area contributed by atoms with Gasteiger partial charge in [0.05, 0.1) is 5.60 Å². The van der Waals surface area contributed by atoms with E-state index < -0.39 is 5.60 Å². The van der Waals surface area contributed by atoms with Gasteiger partial charge in [-0.15, -0.1) is 0 Å². The molecule has 0 spiro atoms. The zero-order valence-electron chi connectivity index (χ0n) is 19.8. The van der Waals surface area contributed by atoms with Crippen LogP contribution in [0.25, 0.3) is 0 Å². The van der Waals surface area contributed by atoms with Crippen molar-refractivity contribution in [2.45, 2.75) is 70.0 Å². The number of ether oxygens (including phenoxy) is 2. The molecule has 174 valence electrons. The molecule has 0 amide bonds. The van der Waals surface area contributed by atoms with Gasteiger partial charge in [0.1, 0.15) is 11.9 Å². The Hall–Kier alpha value is -1.69. The predicted molar refractivity (Wildman–Crippen MR) is 132 cm³/mol. The van der Waals surface area contributed by atoms with Crippen LogP contribution in [0.15, 0.2) is 47.4 Å². The number of aryl methyl sites for hydroxylation is 1. The van der Waals surface area contributed by atoms with E-state index in [9.17, 15) is 5.11 Å². The molecule has 2 atom stereocenters. The van der Waals surface area contributed by atoms with E-state index in [1.165, 1.54) is 11.3 Å². The quantitative estimate of drug-likeness (QED) is 0.503. The topological polar surface area (TPSA) is 41.9 Å². The molecular formula is C27H37NO3S. The Morgan fingerprint density at radius 2 is 1.84 bits per heavy atom. The average molecular weight is 456 g/mol. The first-order valence-electron chi connectivity index (χ1n) is 12.0. The number of anilines is 1. The zero-order chi connectivity index (χ0) is 22.7. The predicted octanol–water partition coefficient (Wildman–Crippen LogP) is 6.20. The van der Waals surface area contributed by atoms with E-state index in [0.29, 0.717) is 18.3 Å². The lowest BCUT2D eigenvalue weighted by Gasteiger charge is -2.41. The highest BCUT2D eigenvalue weighted by molar-refractivity contribution is 8.00. The van der Waals surface area contributed by atoms with E-state index in [1.807, 2.05) is 13.0 Å². The Balaban J connectivity index is 1.55. The van der Waals surface area contributed by atoms with Crippen molar-refractivity contribution in [3.63, 3.8) is 0 Å². The molecule has 0 radical (unpaired) electrons. The van der Waals surface area contributed by atoms with Gasteiger partial charge in [-0.2, -0.15) is 0 Å². The van der Waals surface area contributed by atoms with Crippen LogP contribution in [0.1, 0.15) is 58.1 Å². The highest BCUT2D eigenvalue weighted by Gasteiger charge is 2.40. The molecule has 0 bridgehead atoms. The molecule has 32 heavy (non-hydrogen) atoms. The molecule has 0 aliphatic carbocycles. The summed E-state index contributed by atoms with van der Waals surface area (Å²) in [5.74, 6) is 1.81. The van der Waals surface area contributed by atoms with Crippen molar-refractivity contribution in [3.8, 4) is 5.75 Å². The Morgan fingerprint density at radius 3 is 2.50 bits per heavy atom. The minimum atomic E-state index is -0.890. The first kappa shape index (κ1) is 23.5. The van der Waals surface area contributed by atoms with Gasteiger partial charge in [0.25, 0.3) is 0 Å². The van der Waals surface area contributed by atoms with Crippen molar-refractivity contribution in [1.29, 1.82) is 0 Å². The first-order chi connectivity index (χ1) is 15.4. The van der Waals surface area contributed by atoms with Crippen molar-refractivity contribution in [2.75, 3.05) is 24.1 Å². The Labute approximate surface area is 197 Å². The second-order valence-electron chi connectivity index (χ2n) is 9.81. The third kappa shape index (κ3) is 5.44. The molecule has 1 saturated heterocycles. The molecule has 2 unspecified atom stereocenters. The summed E-state index contributed by atoms with van der Waals surface area (Å²) in [6.07, 6.45) is 3.74. The Kier molecular flexibility index (Phi) is 7.38. The maximum atomic E-state index is 11.4. The van der Waals surface area contributed by atoms with Crippen LogP contribution in [-0.4, -0.2) is 31.0 Å². The van der Waals surface area contributed by atoms with Gasteiger partial charge in [-0.3, -0.25) is 0 Å². The summed E-state index contributed by atoms with van der Waals surface area (Å²) in [7, 11) is 0. The van der Waals surface area contributed by atoms with Crippen molar-refractivity contribution >= 4 is 17.6 Å². The minimum absolute atomic E-state index is 0.0504. The lowest BCUT2D eigenvalue weighted by Crippen LogP contribution is -2.42. The fourth-order valence-corrected chi connectivity index (χ4v) is 5.85. The second kappa shape index (κ2) is 10.1. The van der Waals surface area contributed by atoms with E-state index in [1.54, 1.807) is 11.9 Å². The highest BCUT2D eigenvalue weighted by Crippen LogP contribution is 2.44. The fourth-order valence-electron chi connectivity index (χ4n) is 4.70. The van der Waals surface area contributed by atoms with Crippen LogP contribution >= 0.6 is 11.9 Å². The number of aliphatic hydroxyl groups is 1. The van der Waals surface area contributed by atoms with Crippen LogP contribution < -0.4 is 9.04 Å². The number of hydrogen-bond acceptors (Lipinski definition) is 5. The van der Waals surface area contributed by atoms with Gasteiger partial charge in [0.15, 0.2) is 0 Å². The van der Waals surface area contributed by atoms with Crippen LogP contribution in [0, 0.1) is 11.8 Å². The molecule has 1 N–H and O–H groups in total. The van der Waals surface area contributed by atoms with E-state index in [0.717, 1.165) is 55.2 Å². The summed E-state index contributed by atoms with van der Waals surface area (Å²) in [4.78, 5) is 1.12. The van der Waals surface area contributed by atoms with E-state index in [4.69, 9.17) is 9.47 Å². The van der Waals surface area contributed by atoms with Crippen molar-refractivity contribution in [2.24, 2.45) is 11.8 Å². The number of nitrogens with zero attached hydrogens (tertiary/aromatic N) is 1. The molecule has 5 heteroatoms. The van der Waals surface area contributed by atoms with Crippen molar-refractivity contribution in [1.82, 2.24) is 0 Å². The Bertz CT molecular complexity index is 890. The number of hydrogen-bond donors (Lipinski definition) is 1. The molecule has 2 aliphatic heterocycles. The Morgan fingerprint density at radius 1 is 1.12 bits per heavy atom. The zero-order valence-corrected chi connectivity index (χ0v) is 20.7. The lowest BCUT2D eigenvalue weighted by atomic mass is 9.80. The van der Waals surface area contributed by atoms with E-state index in [-0.39, 0.29) is 6.10 Å². The summed E-state index contributed by atoms with van der Waals surface area (Å²) >= 11 is 1.74. The van der Waals surface area contributed by atoms with Gasteiger partial charge in [0.2, 0.25) is 0 Å². The largest absolute Gasteiger partial charge is 0.490 e. The van der Waals surface area contributed by atoms with Crippen LogP contribution in [0.2, 0.25) is 0 Å². The van der Waals surface area contributed by atoms with E-state index in [2.05, 4.69) is 61.5 Å². The molecular weight excluding hydrogens is 418 g/mol. The van der Waals surface area contributed by atoms with Crippen LogP contribution in [0.5, 0.6) is 5.75 Å². The van der Waals surface area contributed by atoms with Gasteiger partial charge in [0, 0.05) is 48.2 Å². The van der Waals surface area contributed by atoms with Crippen molar-refractivity contribution < 1.29 is 14.6 Å². The normalized spacial score (nSPS) is 23.6. The van der Waals surface area contributed by atoms with Crippen LogP contribution in [-0.2, 0) is 16.8 Å². The maximum absolute atomic E-state index is 11.4. The molecule has 0 saturated carbocycles. The van der Waals surface area contributed by atoms with Gasteiger partial charge >= 0.3 is 0 Å². The van der Waals surface area contributed by atoms with Gasteiger partial charge in [-0.05, 0) is 79.9 Å². The fraction of sp³-hybridized carbons (Fsp3) is 0.556. The van der Waals surface area contributed by atoms with Crippen LogP contribution in [0.4, 0.5) is 5.69 Å². The third-order valence-corrected chi connectivity index (χ3v) is 7.62. The number of fused-ring (bicyclic) bond motifs is 1. The van der Waals surface area contributed by atoms with E-state index >= 15 is 0 Å². The summed E-state index contributed by atoms with van der Waals surface area (Å²) in [5, 5.41) is 11.4. The third-order valence-electron chi connectivity index (χ3n) is 6.58. The molecule has 2 heterocycles. The summed E-state index contributed by atoms with van der Waals surface area (Å²) < 4.78 is 14.3.